The first-order valence-corrected chi connectivity index (χ1v) is 9.26. The summed E-state index contributed by atoms with van der Waals surface area (Å²) in [7, 11) is 3.38. The molecule has 0 fully saturated rings. The molecule has 140 valence electrons. The Morgan fingerprint density at radius 2 is 1.65 bits per heavy atom. The van der Waals surface area contributed by atoms with Crippen LogP contribution in [-0.4, -0.2) is 38.2 Å². The van der Waals surface area contributed by atoms with E-state index in [9.17, 15) is 4.79 Å². The third-order valence-corrected chi connectivity index (χ3v) is 4.28. The molecule has 0 heterocycles. The molecule has 26 heavy (non-hydrogen) atoms. The van der Waals surface area contributed by atoms with E-state index >= 15 is 0 Å². The number of benzene rings is 2. The number of methoxy groups -OCH3 is 1. The molecule has 0 saturated carbocycles. The fourth-order valence-corrected chi connectivity index (χ4v) is 3.01. The summed E-state index contributed by atoms with van der Waals surface area (Å²) in [6.45, 7) is 5.28. The Balaban J connectivity index is 2.22. The van der Waals surface area contributed by atoms with Crippen molar-refractivity contribution in [3.63, 3.8) is 0 Å². The Morgan fingerprint density at radius 1 is 1.00 bits per heavy atom. The summed E-state index contributed by atoms with van der Waals surface area (Å²) in [6, 6.07) is 11.0. The highest BCUT2D eigenvalue weighted by Gasteiger charge is 2.17. The van der Waals surface area contributed by atoms with Gasteiger partial charge in [0, 0.05) is 29.2 Å². The lowest BCUT2D eigenvalue weighted by Crippen LogP contribution is -2.26. The molecule has 0 spiro atoms. The summed E-state index contributed by atoms with van der Waals surface area (Å²) in [5.74, 6) is 1.86. The second-order valence-corrected chi connectivity index (χ2v) is 6.56. The second-order valence-electron chi connectivity index (χ2n) is 5.64. The summed E-state index contributed by atoms with van der Waals surface area (Å²) in [5.41, 5.74) is 1.47. The molecule has 0 N–H and O–H groups in total. The van der Waals surface area contributed by atoms with Crippen molar-refractivity contribution in [1.82, 2.24) is 4.90 Å². The van der Waals surface area contributed by atoms with Crippen LogP contribution in [0.25, 0.3) is 0 Å². The maximum Gasteiger partial charge on any atom is 0.254 e. The first kappa shape index (κ1) is 20.1. The molecule has 0 bridgehead atoms. The molecule has 5 nitrogen and oxygen atoms in total. The highest BCUT2D eigenvalue weighted by Crippen LogP contribution is 2.29. The standard InChI is InChI=1S/C20H24BrNO4/c1-5-25-18-9-7-14(12-19(18)26-6-2)20(23)22(3)13-15-11-16(21)8-10-17(15)24-4/h7-12H,5-6,13H2,1-4H3. The molecular weight excluding hydrogens is 398 g/mol. The minimum atomic E-state index is -0.101. The molecule has 0 aliphatic carbocycles. The third kappa shape index (κ3) is 4.91. The van der Waals surface area contributed by atoms with Crippen molar-refractivity contribution in [2.24, 2.45) is 0 Å². The van der Waals surface area contributed by atoms with Gasteiger partial charge in [0.1, 0.15) is 5.75 Å². The Kier molecular flexibility index (Phi) is 7.33. The van der Waals surface area contributed by atoms with Crippen LogP contribution in [0, 0.1) is 0 Å². The van der Waals surface area contributed by atoms with Gasteiger partial charge in [-0.1, -0.05) is 15.9 Å². The van der Waals surface area contributed by atoms with E-state index in [1.807, 2.05) is 32.0 Å². The van der Waals surface area contributed by atoms with Crippen molar-refractivity contribution in [3.8, 4) is 17.2 Å². The quantitative estimate of drug-likeness (QED) is 0.628. The van der Waals surface area contributed by atoms with E-state index < -0.39 is 0 Å². The van der Waals surface area contributed by atoms with Gasteiger partial charge < -0.3 is 19.1 Å². The predicted molar refractivity (Wildman–Crippen MR) is 105 cm³/mol. The number of ether oxygens (including phenoxy) is 3. The Bertz CT molecular complexity index is 763. The Labute approximate surface area is 163 Å². The van der Waals surface area contributed by atoms with Crippen LogP contribution in [0.3, 0.4) is 0 Å². The first-order chi connectivity index (χ1) is 12.5. The zero-order chi connectivity index (χ0) is 19.1. The van der Waals surface area contributed by atoms with E-state index in [-0.39, 0.29) is 5.91 Å². The number of nitrogens with zero attached hydrogens (tertiary/aromatic N) is 1. The van der Waals surface area contributed by atoms with Crippen molar-refractivity contribution in [2.75, 3.05) is 27.4 Å². The number of hydrogen-bond acceptors (Lipinski definition) is 4. The average molecular weight is 422 g/mol. The van der Waals surface area contributed by atoms with Crippen LogP contribution in [0.2, 0.25) is 0 Å². The van der Waals surface area contributed by atoms with E-state index in [1.54, 1.807) is 37.3 Å². The highest BCUT2D eigenvalue weighted by atomic mass is 79.9. The lowest BCUT2D eigenvalue weighted by atomic mass is 10.1. The molecule has 0 unspecified atom stereocenters. The fraction of sp³-hybridized carbons (Fsp3) is 0.350. The predicted octanol–water partition coefficient (Wildman–Crippen LogP) is 4.53. The van der Waals surface area contributed by atoms with E-state index in [0.717, 1.165) is 15.8 Å². The van der Waals surface area contributed by atoms with Gasteiger partial charge in [0.05, 0.1) is 20.3 Å². The Morgan fingerprint density at radius 3 is 2.31 bits per heavy atom. The van der Waals surface area contributed by atoms with Gasteiger partial charge >= 0.3 is 0 Å². The number of hydrogen-bond donors (Lipinski definition) is 0. The molecule has 1 amide bonds. The molecule has 2 aromatic rings. The minimum Gasteiger partial charge on any atom is -0.496 e. The van der Waals surface area contributed by atoms with Crippen molar-refractivity contribution < 1.29 is 19.0 Å². The number of carbonyl (C=O) groups is 1. The largest absolute Gasteiger partial charge is 0.496 e. The summed E-state index contributed by atoms with van der Waals surface area (Å²) < 4.78 is 17.5. The lowest BCUT2D eigenvalue weighted by Gasteiger charge is -2.20. The summed E-state index contributed by atoms with van der Waals surface area (Å²) in [5, 5.41) is 0. The van der Waals surface area contributed by atoms with Gasteiger partial charge in [0.25, 0.3) is 5.91 Å². The number of halogens is 1. The van der Waals surface area contributed by atoms with Crippen LogP contribution in [-0.2, 0) is 6.54 Å². The van der Waals surface area contributed by atoms with Gasteiger partial charge in [-0.25, -0.2) is 0 Å². The van der Waals surface area contributed by atoms with Crippen molar-refractivity contribution >= 4 is 21.8 Å². The van der Waals surface area contributed by atoms with E-state index in [4.69, 9.17) is 14.2 Å². The van der Waals surface area contributed by atoms with Crippen molar-refractivity contribution in [3.05, 3.63) is 52.0 Å². The summed E-state index contributed by atoms with van der Waals surface area (Å²) >= 11 is 3.46. The van der Waals surface area contributed by atoms with Gasteiger partial charge in [-0.15, -0.1) is 0 Å². The molecule has 6 heteroatoms. The number of carbonyl (C=O) groups excluding carboxylic acids is 1. The summed E-state index contributed by atoms with van der Waals surface area (Å²) in [6.07, 6.45) is 0. The zero-order valence-electron chi connectivity index (χ0n) is 15.5. The van der Waals surface area contributed by atoms with Crippen LogP contribution >= 0.6 is 15.9 Å². The first-order valence-electron chi connectivity index (χ1n) is 8.47. The van der Waals surface area contributed by atoms with Crippen molar-refractivity contribution in [2.45, 2.75) is 20.4 Å². The van der Waals surface area contributed by atoms with E-state index in [2.05, 4.69) is 15.9 Å². The molecule has 0 aliphatic rings. The Hall–Kier alpha value is -2.21. The molecule has 0 radical (unpaired) electrons. The number of rotatable bonds is 8. The average Bonchev–Trinajstić information content (AvgIpc) is 2.63. The molecule has 0 aliphatic heterocycles. The molecule has 2 aromatic carbocycles. The maximum absolute atomic E-state index is 12.8. The monoisotopic (exact) mass is 421 g/mol. The normalized spacial score (nSPS) is 10.3. The molecular formula is C20H24BrNO4. The molecule has 0 aromatic heterocycles. The number of amides is 1. The molecule has 0 atom stereocenters. The van der Waals surface area contributed by atoms with Gasteiger partial charge in [-0.05, 0) is 50.2 Å². The van der Waals surface area contributed by atoms with Crippen LogP contribution in [0.5, 0.6) is 17.2 Å². The SMILES string of the molecule is CCOc1ccc(C(=O)N(C)Cc2cc(Br)ccc2OC)cc1OCC. The highest BCUT2D eigenvalue weighted by molar-refractivity contribution is 9.10. The lowest BCUT2D eigenvalue weighted by molar-refractivity contribution is 0.0783. The van der Waals surface area contributed by atoms with E-state index in [1.165, 1.54) is 0 Å². The molecule has 2 rings (SSSR count). The second kappa shape index (κ2) is 9.48. The van der Waals surface area contributed by atoms with Gasteiger partial charge in [-0.3, -0.25) is 4.79 Å². The zero-order valence-corrected chi connectivity index (χ0v) is 17.1. The molecule has 0 saturated heterocycles. The van der Waals surface area contributed by atoms with Gasteiger partial charge in [-0.2, -0.15) is 0 Å². The van der Waals surface area contributed by atoms with Crippen LogP contribution in [0.4, 0.5) is 0 Å². The van der Waals surface area contributed by atoms with Gasteiger partial charge in [0.15, 0.2) is 11.5 Å². The topological polar surface area (TPSA) is 48.0 Å². The third-order valence-electron chi connectivity index (χ3n) is 3.79. The minimum absolute atomic E-state index is 0.101. The van der Waals surface area contributed by atoms with E-state index in [0.29, 0.717) is 36.8 Å². The fourth-order valence-electron chi connectivity index (χ4n) is 2.60. The van der Waals surface area contributed by atoms with Crippen LogP contribution in [0.1, 0.15) is 29.8 Å². The van der Waals surface area contributed by atoms with Crippen molar-refractivity contribution in [1.29, 1.82) is 0 Å². The van der Waals surface area contributed by atoms with Crippen LogP contribution < -0.4 is 14.2 Å². The van der Waals surface area contributed by atoms with Crippen LogP contribution in [0.15, 0.2) is 40.9 Å². The smallest absolute Gasteiger partial charge is 0.254 e. The summed E-state index contributed by atoms with van der Waals surface area (Å²) in [4.78, 5) is 14.5. The maximum atomic E-state index is 12.8. The van der Waals surface area contributed by atoms with Gasteiger partial charge in [0.2, 0.25) is 0 Å².